The van der Waals surface area contributed by atoms with Gasteiger partial charge in [-0.15, -0.1) is 0 Å². The summed E-state index contributed by atoms with van der Waals surface area (Å²) in [5.74, 6) is 0.979. The number of anilines is 1. The van der Waals surface area contributed by atoms with Crippen molar-refractivity contribution in [3.05, 3.63) is 17.1 Å². The molecule has 0 saturated carbocycles. The predicted molar refractivity (Wildman–Crippen MR) is 91.4 cm³/mol. The van der Waals surface area contributed by atoms with Crippen molar-refractivity contribution in [2.24, 2.45) is 11.3 Å². The van der Waals surface area contributed by atoms with Crippen LogP contribution in [0.5, 0.6) is 0 Å². The predicted octanol–water partition coefficient (Wildman–Crippen LogP) is 2.32. The topological polar surface area (TPSA) is 75.5 Å². The molecule has 0 bridgehead atoms. The number of nitrogens with zero attached hydrogens (tertiary/aromatic N) is 3. The molecule has 6 heteroatoms. The first-order valence-electron chi connectivity index (χ1n) is 8.57. The molecule has 2 fully saturated rings. The molecule has 0 amide bonds. The van der Waals surface area contributed by atoms with Gasteiger partial charge in [0, 0.05) is 42.3 Å². The number of fused-ring (bicyclic) bond motifs is 1. The van der Waals surface area contributed by atoms with E-state index in [-0.39, 0.29) is 11.3 Å². The van der Waals surface area contributed by atoms with Crippen molar-refractivity contribution >= 4 is 11.8 Å². The first kappa shape index (κ1) is 17.1. The first-order valence-corrected chi connectivity index (χ1v) is 8.57. The summed E-state index contributed by atoms with van der Waals surface area (Å²) in [6, 6.07) is 0. The highest BCUT2D eigenvalue weighted by Gasteiger charge is 2.54. The van der Waals surface area contributed by atoms with Gasteiger partial charge in [0.2, 0.25) is 0 Å². The lowest BCUT2D eigenvalue weighted by Crippen LogP contribution is -2.44. The number of aliphatic carboxylic acids is 1. The second kappa shape index (κ2) is 5.69. The van der Waals surface area contributed by atoms with Crippen LogP contribution in [0.15, 0.2) is 0 Å². The Bertz CT molecular complexity index is 668. The van der Waals surface area contributed by atoms with Gasteiger partial charge in [-0.25, -0.2) is 9.97 Å². The molecule has 1 N–H and O–H groups in total. The molecule has 1 aromatic rings. The number of rotatable bonds is 2. The molecule has 0 aromatic carbocycles. The fraction of sp³-hybridized carbons (Fsp3) is 0.722. The Morgan fingerprint density at radius 2 is 2.04 bits per heavy atom. The number of hydrogen-bond donors (Lipinski definition) is 1. The largest absolute Gasteiger partial charge is 0.481 e. The molecule has 3 rings (SSSR count). The van der Waals surface area contributed by atoms with Gasteiger partial charge < -0.3 is 14.7 Å². The highest BCUT2D eigenvalue weighted by molar-refractivity contribution is 5.77. The van der Waals surface area contributed by atoms with Crippen LogP contribution >= 0.6 is 0 Å². The fourth-order valence-electron chi connectivity index (χ4n) is 3.72. The van der Waals surface area contributed by atoms with Crippen LogP contribution in [-0.4, -0.2) is 47.3 Å². The number of ether oxygens (including phenoxy) is 1. The summed E-state index contributed by atoms with van der Waals surface area (Å²) in [4.78, 5) is 23.6. The average Bonchev–Trinajstić information content (AvgIpc) is 2.89. The van der Waals surface area contributed by atoms with Crippen molar-refractivity contribution in [2.75, 3.05) is 31.2 Å². The lowest BCUT2D eigenvalue weighted by Gasteiger charge is -2.34. The van der Waals surface area contributed by atoms with Crippen molar-refractivity contribution in [1.82, 2.24) is 9.97 Å². The molecule has 6 nitrogen and oxygen atoms in total. The number of carbonyl (C=O) groups is 1. The lowest BCUT2D eigenvalue weighted by atomic mass is 9.74. The van der Waals surface area contributed by atoms with Gasteiger partial charge in [-0.3, -0.25) is 4.79 Å². The molecule has 3 heterocycles. The fourth-order valence-corrected chi connectivity index (χ4v) is 3.72. The van der Waals surface area contributed by atoms with Crippen molar-refractivity contribution in [2.45, 2.75) is 46.5 Å². The average molecular weight is 333 g/mol. The van der Waals surface area contributed by atoms with Crippen molar-refractivity contribution in [3.63, 3.8) is 0 Å². The minimum absolute atomic E-state index is 0.0107. The molecule has 0 unspecified atom stereocenters. The van der Waals surface area contributed by atoms with Gasteiger partial charge in [0.25, 0.3) is 0 Å². The van der Waals surface area contributed by atoms with E-state index in [0.29, 0.717) is 32.7 Å². The summed E-state index contributed by atoms with van der Waals surface area (Å²) < 4.78 is 5.55. The Morgan fingerprint density at radius 3 is 2.62 bits per heavy atom. The van der Waals surface area contributed by atoms with Gasteiger partial charge in [0.05, 0.1) is 12.0 Å². The molecule has 2 aliphatic heterocycles. The van der Waals surface area contributed by atoms with Crippen LogP contribution in [-0.2, 0) is 14.9 Å². The summed E-state index contributed by atoms with van der Waals surface area (Å²) in [5, 5.41) is 9.86. The number of carboxylic acid groups (broad SMARTS) is 1. The summed E-state index contributed by atoms with van der Waals surface area (Å²) in [7, 11) is 0. The van der Waals surface area contributed by atoms with Crippen LogP contribution in [0.3, 0.4) is 0 Å². The van der Waals surface area contributed by atoms with Crippen LogP contribution < -0.4 is 4.90 Å². The van der Waals surface area contributed by atoms with Crippen LogP contribution in [0, 0.1) is 25.2 Å². The SMILES string of the molecule is Cc1nc(C(C)(C)C)nc(N2C[C@@H]3COCC[C@]3(C(=O)O)C2)c1C. The molecule has 24 heavy (non-hydrogen) atoms. The van der Waals surface area contributed by atoms with E-state index in [1.54, 1.807) is 0 Å². The lowest BCUT2D eigenvalue weighted by molar-refractivity contribution is -0.157. The molecule has 2 atom stereocenters. The minimum atomic E-state index is -0.717. The number of hydrogen-bond acceptors (Lipinski definition) is 5. The van der Waals surface area contributed by atoms with Crippen LogP contribution in [0.1, 0.15) is 44.3 Å². The van der Waals surface area contributed by atoms with E-state index in [4.69, 9.17) is 9.72 Å². The molecule has 1 aromatic heterocycles. The number of carboxylic acids is 1. The first-order chi connectivity index (χ1) is 11.1. The Hall–Kier alpha value is -1.69. The summed E-state index contributed by atoms with van der Waals surface area (Å²) >= 11 is 0. The van der Waals surface area contributed by atoms with E-state index in [0.717, 1.165) is 22.9 Å². The highest BCUT2D eigenvalue weighted by Crippen LogP contribution is 2.44. The molecule has 132 valence electrons. The van der Waals surface area contributed by atoms with Crippen LogP contribution in [0.25, 0.3) is 0 Å². The molecule has 0 aliphatic carbocycles. The van der Waals surface area contributed by atoms with Gasteiger partial charge in [-0.1, -0.05) is 20.8 Å². The second-order valence-corrected chi connectivity index (χ2v) is 8.19. The zero-order valence-corrected chi connectivity index (χ0v) is 15.2. The van der Waals surface area contributed by atoms with Gasteiger partial charge in [-0.05, 0) is 20.3 Å². The van der Waals surface area contributed by atoms with Crippen molar-refractivity contribution in [3.8, 4) is 0 Å². The number of aryl methyl sites for hydroxylation is 1. The standard InChI is InChI=1S/C18H27N3O3/c1-11-12(2)19-15(17(3,4)5)20-14(11)21-8-13-9-24-7-6-18(13,10-21)16(22)23/h13H,6-10H2,1-5H3,(H,22,23)/t13-,18+/m1/s1. The Balaban J connectivity index is 2.01. The van der Waals surface area contributed by atoms with E-state index in [1.165, 1.54) is 0 Å². The normalized spacial score (nSPS) is 27.2. The minimum Gasteiger partial charge on any atom is -0.481 e. The maximum absolute atomic E-state index is 12.0. The summed E-state index contributed by atoms with van der Waals surface area (Å²) in [6.45, 7) is 12.5. The molecule has 2 aliphatic rings. The molecule has 0 radical (unpaired) electrons. The quantitative estimate of drug-likeness (QED) is 0.895. The van der Waals surface area contributed by atoms with E-state index < -0.39 is 11.4 Å². The van der Waals surface area contributed by atoms with Crippen LogP contribution in [0.2, 0.25) is 0 Å². The Labute approximate surface area is 143 Å². The van der Waals surface area contributed by atoms with E-state index in [1.807, 2.05) is 13.8 Å². The smallest absolute Gasteiger partial charge is 0.311 e. The number of aromatic nitrogens is 2. The third-order valence-electron chi connectivity index (χ3n) is 5.47. The Morgan fingerprint density at radius 1 is 1.33 bits per heavy atom. The second-order valence-electron chi connectivity index (χ2n) is 8.19. The van der Waals surface area contributed by atoms with E-state index in [2.05, 4.69) is 30.7 Å². The van der Waals surface area contributed by atoms with E-state index in [9.17, 15) is 9.90 Å². The van der Waals surface area contributed by atoms with Gasteiger partial charge in [-0.2, -0.15) is 0 Å². The zero-order valence-electron chi connectivity index (χ0n) is 15.2. The molecule has 0 spiro atoms. The monoisotopic (exact) mass is 333 g/mol. The third-order valence-corrected chi connectivity index (χ3v) is 5.47. The maximum Gasteiger partial charge on any atom is 0.311 e. The Kier molecular flexibility index (Phi) is 4.06. The van der Waals surface area contributed by atoms with Crippen molar-refractivity contribution in [1.29, 1.82) is 0 Å². The van der Waals surface area contributed by atoms with Gasteiger partial charge >= 0.3 is 5.97 Å². The molecular weight excluding hydrogens is 306 g/mol. The molecular formula is C18H27N3O3. The third kappa shape index (κ3) is 2.66. The van der Waals surface area contributed by atoms with Crippen molar-refractivity contribution < 1.29 is 14.6 Å². The summed E-state index contributed by atoms with van der Waals surface area (Å²) in [6.07, 6.45) is 0.568. The van der Waals surface area contributed by atoms with Crippen LogP contribution in [0.4, 0.5) is 5.82 Å². The van der Waals surface area contributed by atoms with E-state index >= 15 is 0 Å². The zero-order chi connectivity index (χ0) is 17.7. The summed E-state index contributed by atoms with van der Waals surface area (Å²) in [5.41, 5.74) is 1.13. The maximum atomic E-state index is 12.0. The molecule has 2 saturated heterocycles. The highest BCUT2D eigenvalue weighted by atomic mass is 16.5. The van der Waals surface area contributed by atoms with Gasteiger partial charge in [0.15, 0.2) is 0 Å². The van der Waals surface area contributed by atoms with Gasteiger partial charge in [0.1, 0.15) is 11.6 Å².